The molecule has 1 heterocycles. The van der Waals surface area contributed by atoms with Gasteiger partial charge in [-0.3, -0.25) is 9.59 Å². The summed E-state index contributed by atoms with van der Waals surface area (Å²) in [6.45, 7) is 7.63. The van der Waals surface area contributed by atoms with Crippen LogP contribution < -0.4 is 5.32 Å². The van der Waals surface area contributed by atoms with E-state index in [2.05, 4.69) is 17.4 Å². The maximum atomic E-state index is 12.2. The van der Waals surface area contributed by atoms with Crippen molar-refractivity contribution < 1.29 is 9.59 Å². The largest absolute Gasteiger partial charge is 0.344 e. The Bertz CT molecular complexity index is 670. The average Bonchev–Trinajstić information content (AvgIpc) is 2.78. The second kappa shape index (κ2) is 6.12. The molecule has 0 fully saturated rings. The van der Waals surface area contributed by atoms with E-state index in [0.717, 1.165) is 16.5 Å². The zero-order chi connectivity index (χ0) is 15.6. The smallest absolute Gasteiger partial charge is 0.240 e. The van der Waals surface area contributed by atoms with Gasteiger partial charge in [-0.25, -0.2) is 0 Å². The molecule has 112 valence electrons. The van der Waals surface area contributed by atoms with Crippen molar-refractivity contribution >= 4 is 22.6 Å². The summed E-state index contributed by atoms with van der Waals surface area (Å²) < 4.78 is 1.91. The third-order valence-electron chi connectivity index (χ3n) is 3.66. The fraction of sp³-hybridized carbons (Fsp3) is 0.412. The fourth-order valence-electron chi connectivity index (χ4n) is 2.54. The Balaban J connectivity index is 2.14. The van der Waals surface area contributed by atoms with E-state index >= 15 is 0 Å². The van der Waals surface area contributed by atoms with E-state index in [9.17, 15) is 9.59 Å². The molecule has 2 rings (SSSR count). The molecule has 0 radical (unpaired) electrons. The number of hydrogen-bond donors (Lipinski definition) is 1. The third-order valence-corrected chi connectivity index (χ3v) is 3.66. The molecule has 0 aliphatic carbocycles. The highest BCUT2D eigenvalue weighted by Crippen LogP contribution is 2.17. The number of fused-ring (bicyclic) bond motifs is 1. The molecule has 1 aromatic heterocycles. The lowest BCUT2D eigenvalue weighted by molar-refractivity contribution is -0.128. The number of amides is 1. The molecule has 0 saturated heterocycles. The quantitative estimate of drug-likeness (QED) is 0.918. The molecule has 0 spiro atoms. The summed E-state index contributed by atoms with van der Waals surface area (Å²) in [7, 11) is 0. The maximum Gasteiger partial charge on any atom is 0.240 e. The van der Waals surface area contributed by atoms with Gasteiger partial charge in [0.1, 0.15) is 6.54 Å². The first kappa shape index (κ1) is 15.3. The summed E-state index contributed by atoms with van der Waals surface area (Å²) in [6.07, 6.45) is 1.90. The van der Waals surface area contributed by atoms with Gasteiger partial charge in [-0.15, -0.1) is 0 Å². The Labute approximate surface area is 125 Å². The van der Waals surface area contributed by atoms with Crippen molar-refractivity contribution in [2.24, 2.45) is 5.92 Å². The molecule has 2 aromatic rings. The van der Waals surface area contributed by atoms with Crippen molar-refractivity contribution in [3.05, 3.63) is 36.0 Å². The summed E-state index contributed by atoms with van der Waals surface area (Å²) >= 11 is 0. The summed E-state index contributed by atoms with van der Waals surface area (Å²) in [5, 5.41) is 3.94. The van der Waals surface area contributed by atoms with Crippen LogP contribution in [0.2, 0.25) is 0 Å². The first-order valence-electron chi connectivity index (χ1n) is 7.24. The van der Waals surface area contributed by atoms with Crippen molar-refractivity contribution in [2.45, 2.75) is 40.3 Å². The number of carbonyl (C=O) groups is 2. The Morgan fingerprint density at radius 1 is 1.24 bits per heavy atom. The molecule has 1 atom stereocenters. The average molecular weight is 286 g/mol. The molecule has 0 aliphatic rings. The topological polar surface area (TPSA) is 51.1 Å². The van der Waals surface area contributed by atoms with E-state index in [1.165, 1.54) is 6.92 Å². The van der Waals surface area contributed by atoms with Gasteiger partial charge in [0.05, 0.1) is 6.04 Å². The van der Waals surface area contributed by atoms with Crippen molar-refractivity contribution in [3.8, 4) is 0 Å². The van der Waals surface area contributed by atoms with Crippen LogP contribution in [0.5, 0.6) is 0 Å². The lowest BCUT2D eigenvalue weighted by atomic mass is 10.0. The highest BCUT2D eigenvalue weighted by atomic mass is 16.2. The minimum atomic E-state index is -0.416. The number of carbonyl (C=O) groups excluding carboxylic acids is 2. The normalized spacial score (nSPS) is 12.6. The molecule has 1 aromatic carbocycles. The Kier molecular flexibility index (Phi) is 4.46. The van der Waals surface area contributed by atoms with Gasteiger partial charge < -0.3 is 9.88 Å². The predicted octanol–water partition coefficient (Wildman–Crippen LogP) is 2.68. The van der Waals surface area contributed by atoms with Crippen LogP contribution in [0.3, 0.4) is 0 Å². The molecular formula is C17H22N2O2. The molecule has 1 N–H and O–H groups in total. The minimum Gasteiger partial charge on any atom is -0.344 e. The number of aromatic nitrogens is 1. The van der Waals surface area contributed by atoms with Gasteiger partial charge in [0, 0.05) is 11.7 Å². The van der Waals surface area contributed by atoms with E-state index in [4.69, 9.17) is 0 Å². The molecule has 21 heavy (non-hydrogen) atoms. The summed E-state index contributed by atoms with van der Waals surface area (Å²) in [4.78, 5) is 23.7. The Morgan fingerprint density at radius 2 is 1.95 bits per heavy atom. The number of benzene rings is 1. The fourth-order valence-corrected chi connectivity index (χ4v) is 2.54. The lowest BCUT2D eigenvalue weighted by Crippen LogP contribution is -2.44. The Hall–Kier alpha value is -2.10. The van der Waals surface area contributed by atoms with Crippen LogP contribution in [0.1, 0.15) is 26.3 Å². The van der Waals surface area contributed by atoms with Crippen LogP contribution >= 0.6 is 0 Å². The molecule has 4 heteroatoms. The van der Waals surface area contributed by atoms with Crippen molar-refractivity contribution in [1.29, 1.82) is 0 Å². The van der Waals surface area contributed by atoms with Gasteiger partial charge in [-0.1, -0.05) is 26.0 Å². The zero-order valence-corrected chi connectivity index (χ0v) is 13.0. The van der Waals surface area contributed by atoms with Crippen LogP contribution in [0.4, 0.5) is 0 Å². The summed E-state index contributed by atoms with van der Waals surface area (Å²) in [6, 6.07) is 7.74. The molecule has 0 saturated carbocycles. The molecule has 1 unspecified atom stereocenters. The van der Waals surface area contributed by atoms with Crippen LogP contribution in [-0.2, 0) is 16.1 Å². The van der Waals surface area contributed by atoms with Gasteiger partial charge in [0.25, 0.3) is 0 Å². The molecule has 1 amide bonds. The number of rotatable bonds is 5. The van der Waals surface area contributed by atoms with Crippen molar-refractivity contribution in [1.82, 2.24) is 9.88 Å². The maximum absolute atomic E-state index is 12.2. The second-order valence-corrected chi connectivity index (χ2v) is 5.91. The number of nitrogens with zero attached hydrogens (tertiary/aromatic N) is 1. The van der Waals surface area contributed by atoms with Crippen molar-refractivity contribution in [3.63, 3.8) is 0 Å². The van der Waals surface area contributed by atoms with Crippen LogP contribution in [0.15, 0.2) is 30.5 Å². The van der Waals surface area contributed by atoms with Gasteiger partial charge in [0.15, 0.2) is 5.78 Å². The summed E-state index contributed by atoms with van der Waals surface area (Å²) in [5.74, 6) is -0.0513. The molecule has 0 bridgehead atoms. The standard InChI is InChI=1S/C17H22N2O2/c1-11(2)17(13(4)20)18-16(21)10-19-8-7-14-6-5-12(3)9-15(14)19/h5-9,11,17H,10H2,1-4H3,(H,18,21). The third kappa shape index (κ3) is 3.51. The molecule has 0 aliphatic heterocycles. The first-order chi connectivity index (χ1) is 9.88. The van der Waals surface area contributed by atoms with E-state index in [-0.39, 0.29) is 24.2 Å². The van der Waals surface area contributed by atoms with E-state index in [1.807, 2.05) is 43.7 Å². The monoisotopic (exact) mass is 286 g/mol. The van der Waals surface area contributed by atoms with Crippen molar-refractivity contribution in [2.75, 3.05) is 0 Å². The number of nitrogens with one attached hydrogen (secondary N) is 1. The molecular weight excluding hydrogens is 264 g/mol. The van der Waals surface area contributed by atoms with Crippen LogP contribution in [0, 0.1) is 12.8 Å². The van der Waals surface area contributed by atoms with Gasteiger partial charge in [-0.05, 0) is 42.8 Å². The SMILES string of the molecule is CC(=O)C(NC(=O)Cn1ccc2ccc(C)cc21)C(C)C. The zero-order valence-electron chi connectivity index (χ0n) is 13.0. The number of hydrogen-bond acceptors (Lipinski definition) is 2. The predicted molar refractivity (Wildman–Crippen MR) is 84.1 cm³/mol. The second-order valence-electron chi connectivity index (χ2n) is 5.91. The summed E-state index contributed by atoms with van der Waals surface area (Å²) in [5.41, 5.74) is 2.20. The van der Waals surface area contributed by atoms with Gasteiger partial charge >= 0.3 is 0 Å². The van der Waals surface area contributed by atoms with E-state index < -0.39 is 6.04 Å². The number of aryl methyl sites for hydroxylation is 1. The van der Waals surface area contributed by atoms with Crippen LogP contribution in [-0.4, -0.2) is 22.3 Å². The van der Waals surface area contributed by atoms with Gasteiger partial charge in [0.2, 0.25) is 5.91 Å². The number of ketones is 1. The van der Waals surface area contributed by atoms with Gasteiger partial charge in [-0.2, -0.15) is 0 Å². The Morgan fingerprint density at radius 3 is 2.57 bits per heavy atom. The van der Waals surface area contributed by atoms with E-state index in [0.29, 0.717) is 0 Å². The highest BCUT2D eigenvalue weighted by molar-refractivity contribution is 5.88. The molecule has 4 nitrogen and oxygen atoms in total. The number of Topliss-reactive ketones (excluding diaryl/α,β-unsaturated/α-hetero) is 1. The highest BCUT2D eigenvalue weighted by Gasteiger charge is 2.20. The van der Waals surface area contributed by atoms with E-state index in [1.54, 1.807) is 0 Å². The van der Waals surface area contributed by atoms with Crippen LogP contribution in [0.25, 0.3) is 10.9 Å². The lowest BCUT2D eigenvalue weighted by Gasteiger charge is -2.19. The first-order valence-corrected chi connectivity index (χ1v) is 7.24. The minimum absolute atomic E-state index is 0.00782.